The van der Waals surface area contributed by atoms with E-state index in [0.29, 0.717) is 12.8 Å². The molecular formula is C18H16N2O2. The van der Waals surface area contributed by atoms with Crippen molar-refractivity contribution >= 4 is 16.6 Å². The largest absolute Gasteiger partial charge is 0.497 e. The van der Waals surface area contributed by atoms with E-state index in [4.69, 9.17) is 4.74 Å². The number of benzene rings is 2. The average molecular weight is 292 g/mol. The van der Waals surface area contributed by atoms with Gasteiger partial charge in [0, 0.05) is 17.2 Å². The summed E-state index contributed by atoms with van der Waals surface area (Å²) in [7, 11) is 1.62. The number of rotatable bonds is 5. The Labute approximate surface area is 128 Å². The van der Waals surface area contributed by atoms with Gasteiger partial charge in [-0.2, -0.15) is 10.2 Å². The zero-order valence-electron chi connectivity index (χ0n) is 12.3. The molecule has 0 amide bonds. The molecule has 3 aromatic rings. The van der Waals surface area contributed by atoms with Crippen LogP contribution in [0.5, 0.6) is 5.75 Å². The molecule has 0 radical (unpaired) electrons. The van der Waals surface area contributed by atoms with Crippen molar-refractivity contribution in [2.45, 2.75) is 12.8 Å². The summed E-state index contributed by atoms with van der Waals surface area (Å²) in [5.41, 5.74) is 1.70. The molecule has 0 bridgehead atoms. The standard InChI is InChI=1S/C18H16N2O2/c1-22-16-8-6-13(7-9-16)10-15(21)11-18-17-5-3-2-4-14(17)12-19-20-18/h2-9,12H,10-11H2,1H3. The van der Waals surface area contributed by atoms with Crippen LogP contribution in [0.25, 0.3) is 10.8 Å². The van der Waals surface area contributed by atoms with Gasteiger partial charge in [-0.3, -0.25) is 4.79 Å². The van der Waals surface area contributed by atoms with Gasteiger partial charge in [-0.15, -0.1) is 0 Å². The number of methoxy groups -OCH3 is 1. The van der Waals surface area contributed by atoms with Crippen molar-refractivity contribution in [1.82, 2.24) is 10.2 Å². The number of Topliss-reactive ketones (excluding diaryl/α,β-unsaturated/α-hetero) is 1. The normalized spacial score (nSPS) is 10.6. The third-order valence-electron chi connectivity index (χ3n) is 3.57. The van der Waals surface area contributed by atoms with Gasteiger partial charge >= 0.3 is 0 Å². The molecule has 3 rings (SSSR count). The Hall–Kier alpha value is -2.75. The maximum Gasteiger partial charge on any atom is 0.143 e. The van der Waals surface area contributed by atoms with Crippen LogP contribution in [-0.4, -0.2) is 23.1 Å². The van der Waals surface area contributed by atoms with E-state index in [1.807, 2.05) is 48.5 Å². The van der Waals surface area contributed by atoms with Crippen LogP contribution in [0.1, 0.15) is 11.3 Å². The number of carbonyl (C=O) groups is 1. The maximum absolute atomic E-state index is 12.3. The number of ketones is 1. The average Bonchev–Trinajstić information content (AvgIpc) is 2.56. The third-order valence-corrected chi connectivity index (χ3v) is 3.57. The van der Waals surface area contributed by atoms with E-state index in [9.17, 15) is 4.79 Å². The van der Waals surface area contributed by atoms with Crippen molar-refractivity contribution in [2.75, 3.05) is 7.11 Å². The Balaban J connectivity index is 1.75. The molecule has 0 atom stereocenters. The van der Waals surface area contributed by atoms with E-state index in [-0.39, 0.29) is 5.78 Å². The molecule has 1 heterocycles. The van der Waals surface area contributed by atoms with E-state index >= 15 is 0 Å². The molecule has 0 aliphatic carbocycles. The van der Waals surface area contributed by atoms with Gasteiger partial charge in [-0.25, -0.2) is 0 Å². The van der Waals surface area contributed by atoms with Gasteiger partial charge < -0.3 is 4.74 Å². The van der Waals surface area contributed by atoms with Gasteiger partial charge in [0.1, 0.15) is 11.5 Å². The van der Waals surface area contributed by atoms with Crippen LogP contribution in [0.4, 0.5) is 0 Å². The van der Waals surface area contributed by atoms with Gasteiger partial charge in [0.2, 0.25) is 0 Å². The van der Waals surface area contributed by atoms with Crippen molar-refractivity contribution in [1.29, 1.82) is 0 Å². The zero-order valence-corrected chi connectivity index (χ0v) is 12.3. The van der Waals surface area contributed by atoms with Crippen LogP contribution in [0.3, 0.4) is 0 Å². The van der Waals surface area contributed by atoms with E-state index in [0.717, 1.165) is 27.8 Å². The van der Waals surface area contributed by atoms with Crippen molar-refractivity contribution in [3.05, 3.63) is 66.0 Å². The highest BCUT2D eigenvalue weighted by atomic mass is 16.5. The first-order chi connectivity index (χ1) is 10.8. The predicted octanol–water partition coefficient (Wildman–Crippen LogP) is 2.99. The number of carbonyl (C=O) groups excluding carboxylic acids is 1. The second kappa shape index (κ2) is 6.35. The van der Waals surface area contributed by atoms with Gasteiger partial charge in [0.25, 0.3) is 0 Å². The van der Waals surface area contributed by atoms with Crippen molar-refractivity contribution < 1.29 is 9.53 Å². The highest BCUT2D eigenvalue weighted by Crippen LogP contribution is 2.17. The Morgan fingerprint density at radius 2 is 1.82 bits per heavy atom. The zero-order chi connectivity index (χ0) is 15.4. The molecular weight excluding hydrogens is 276 g/mol. The number of hydrogen-bond acceptors (Lipinski definition) is 4. The number of nitrogens with zero attached hydrogens (tertiary/aromatic N) is 2. The summed E-state index contributed by atoms with van der Waals surface area (Å²) in [5, 5.41) is 10.1. The summed E-state index contributed by atoms with van der Waals surface area (Å²) < 4.78 is 5.11. The minimum atomic E-state index is 0.121. The second-order valence-corrected chi connectivity index (χ2v) is 5.12. The molecule has 0 fully saturated rings. The molecule has 22 heavy (non-hydrogen) atoms. The molecule has 2 aromatic carbocycles. The highest BCUT2D eigenvalue weighted by Gasteiger charge is 2.10. The van der Waals surface area contributed by atoms with Gasteiger partial charge in [-0.1, -0.05) is 36.4 Å². The minimum absolute atomic E-state index is 0.121. The quantitative estimate of drug-likeness (QED) is 0.725. The van der Waals surface area contributed by atoms with Gasteiger partial charge in [0.05, 0.1) is 25.4 Å². The summed E-state index contributed by atoms with van der Waals surface area (Å²) in [6.07, 6.45) is 2.39. The molecule has 110 valence electrons. The van der Waals surface area contributed by atoms with E-state index in [2.05, 4.69) is 10.2 Å². The van der Waals surface area contributed by atoms with Crippen LogP contribution in [0.2, 0.25) is 0 Å². The molecule has 1 aromatic heterocycles. The first kappa shape index (κ1) is 14.2. The lowest BCUT2D eigenvalue weighted by Gasteiger charge is -2.05. The van der Waals surface area contributed by atoms with Crippen LogP contribution >= 0.6 is 0 Å². The van der Waals surface area contributed by atoms with Crippen molar-refractivity contribution in [3.8, 4) is 5.75 Å². The molecule has 0 unspecified atom stereocenters. The molecule has 0 aliphatic rings. The van der Waals surface area contributed by atoms with Crippen LogP contribution in [0.15, 0.2) is 54.7 Å². The highest BCUT2D eigenvalue weighted by molar-refractivity contribution is 5.89. The number of ether oxygens (including phenoxy) is 1. The molecule has 0 saturated heterocycles. The van der Waals surface area contributed by atoms with Crippen molar-refractivity contribution in [2.24, 2.45) is 0 Å². The lowest BCUT2D eigenvalue weighted by molar-refractivity contribution is -0.117. The topological polar surface area (TPSA) is 52.1 Å². The maximum atomic E-state index is 12.3. The molecule has 0 aliphatic heterocycles. The molecule has 0 saturated carbocycles. The van der Waals surface area contributed by atoms with Gasteiger partial charge in [0.15, 0.2) is 0 Å². The Morgan fingerprint density at radius 1 is 1.05 bits per heavy atom. The Morgan fingerprint density at radius 3 is 2.59 bits per heavy atom. The Kier molecular flexibility index (Phi) is 4.10. The van der Waals surface area contributed by atoms with Crippen molar-refractivity contribution in [3.63, 3.8) is 0 Å². The molecule has 4 heteroatoms. The van der Waals surface area contributed by atoms with Crippen LogP contribution < -0.4 is 4.74 Å². The Bertz CT molecular complexity index is 792. The van der Waals surface area contributed by atoms with Gasteiger partial charge in [-0.05, 0) is 17.7 Å². The summed E-state index contributed by atoms with van der Waals surface area (Å²) >= 11 is 0. The van der Waals surface area contributed by atoms with E-state index < -0.39 is 0 Å². The fraction of sp³-hybridized carbons (Fsp3) is 0.167. The minimum Gasteiger partial charge on any atom is -0.497 e. The number of aromatic nitrogens is 2. The molecule has 4 nitrogen and oxygen atoms in total. The summed E-state index contributed by atoms with van der Waals surface area (Å²) in [5.74, 6) is 0.909. The molecule has 0 spiro atoms. The van der Waals surface area contributed by atoms with E-state index in [1.165, 1.54) is 0 Å². The lowest BCUT2D eigenvalue weighted by atomic mass is 10.0. The monoisotopic (exact) mass is 292 g/mol. The lowest BCUT2D eigenvalue weighted by Crippen LogP contribution is -2.09. The second-order valence-electron chi connectivity index (χ2n) is 5.12. The van der Waals surface area contributed by atoms with E-state index in [1.54, 1.807) is 13.3 Å². The first-order valence-electron chi connectivity index (χ1n) is 7.10. The number of hydrogen-bond donors (Lipinski definition) is 0. The summed E-state index contributed by atoms with van der Waals surface area (Å²) in [6.45, 7) is 0. The number of fused-ring (bicyclic) bond motifs is 1. The summed E-state index contributed by atoms with van der Waals surface area (Å²) in [4.78, 5) is 12.3. The van der Waals surface area contributed by atoms with Crippen LogP contribution in [0, 0.1) is 0 Å². The predicted molar refractivity (Wildman–Crippen MR) is 84.9 cm³/mol. The SMILES string of the molecule is COc1ccc(CC(=O)Cc2nncc3ccccc23)cc1. The fourth-order valence-corrected chi connectivity index (χ4v) is 2.44. The summed E-state index contributed by atoms with van der Waals surface area (Å²) in [6, 6.07) is 15.4. The molecule has 0 N–H and O–H groups in total. The fourth-order valence-electron chi connectivity index (χ4n) is 2.44. The van der Waals surface area contributed by atoms with Crippen LogP contribution in [-0.2, 0) is 17.6 Å². The first-order valence-corrected chi connectivity index (χ1v) is 7.10. The smallest absolute Gasteiger partial charge is 0.143 e. The third kappa shape index (κ3) is 3.11.